The first-order chi connectivity index (χ1) is 12.2. The summed E-state index contributed by atoms with van der Waals surface area (Å²) in [7, 11) is -2.17. The van der Waals surface area contributed by atoms with Gasteiger partial charge in [0.1, 0.15) is 16.7 Å². The average Bonchev–Trinajstić information content (AvgIpc) is 3.23. The van der Waals surface area contributed by atoms with Crippen LogP contribution in [-0.4, -0.2) is 50.7 Å². The number of hydrogen-bond donors (Lipinski definition) is 2. The summed E-state index contributed by atoms with van der Waals surface area (Å²) in [6.07, 6.45) is 2.11. The molecule has 0 radical (unpaired) electrons. The molecule has 1 saturated heterocycles. The highest BCUT2D eigenvalue weighted by atomic mass is 32.2. The van der Waals surface area contributed by atoms with E-state index < -0.39 is 22.0 Å². The summed E-state index contributed by atoms with van der Waals surface area (Å²) in [5.74, 6) is -0.659. The predicted octanol–water partition coefficient (Wildman–Crippen LogP) is 1.26. The predicted molar refractivity (Wildman–Crippen MR) is 96.2 cm³/mol. The highest BCUT2D eigenvalue weighted by Crippen LogP contribution is 2.26. The number of rotatable bonds is 7. The Kier molecular flexibility index (Phi) is 6.46. The molecule has 1 fully saturated rings. The molecule has 1 aliphatic heterocycles. The van der Waals surface area contributed by atoms with Gasteiger partial charge in [0, 0.05) is 26.2 Å². The third-order valence-corrected chi connectivity index (χ3v) is 6.36. The number of carbonyl (C=O) groups is 2. The maximum atomic E-state index is 12.7. The number of likely N-dealkylation sites (N-methyl/N-ethyl adjacent to an activating group) is 1. The van der Waals surface area contributed by atoms with E-state index in [0.29, 0.717) is 19.5 Å². The van der Waals surface area contributed by atoms with E-state index in [9.17, 15) is 18.0 Å². The number of nitrogens with one attached hydrogen (secondary N) is 2. The molecule has 8 nitrogen and oxygen atoms in total. The zero-order valence-corrected chi connectivity index (χ0v) is 16.5. The third-order valence-electron chi connectivity index (χ3n) is 4.35. The van der Waals surface area contributed by atoms with Crippen molar-refractivity contribution in [2.24, 2.45) is 5.92 Å². The number of carbonyl (C=O) groups excluding carboxylic acids is 2. The van der Waals surface area contributed by atoms with Crippen LogP contribution in [0.2, 0.25) is 0 Å². The summed E-state index contributed by atoms with van der Waals surface area (Å²) in [5, 5.41) is 5.14. The SMILES string of the molecule is CNC(=O)C(CC(C)C)NC(=O)c1cc(S(=O)(=O)N2CCCC2)c(C)o1. The number of sulfonamides is 1. The van der Waals surface area contributed by atoms with Crippen molar-refractivity contribution in [1.29, 1.82) is 0 Å². The van der Waals surface area contributed by atoms with Gasteiger partial charge < -0.3 is 15.1 Å². The fourth-order valence-corrected chi connectivity index (χ4v) is 4.69. The molecule has 1 aromatic rings. The Morgan fingerprint density at radius 3 is 2.42 bits per heavy atom. The maximum Gasteiger partial charge on any atom is 0.287 e. The van der Waals surface area contributed by atoms with Crippen LogP contribution >= 0.6 is 0 Å². The standard InChI is InChI=1S/C17H27N3O5S/c1-11(2)9-13(16(21)18-4)19-17(22)14-10-15(12(3)25-14)26(23,24)20-7-5-6-8-20/h10-11,13H,5-9H2,1-4H3,(H,18,21)(H,19,22). The number of aryl methyl sites for hydroxylation is 1. The summed E-state index contributed by atoms with van der Waals surface area (Å²) >= 11 is 0. The first-order valence-corrected chi connectivity index (χ1v) is 10.2. The molecule has 2 N–H and O–H groups in total. The summed E-state index contributed by atoms with van der Waals surface area (Å²) in [6, 6.07) is 0.533. The van der Waals surface area contributed by atoms with Gasteiger partial charge in [0.25, 0.3) is 5.91 Å². The summed E-state index contributed by atoms with van der Waals surface area (Å²) in [4.78, 5) is 24.4. The van der Waals surface area contributed by atoms with Crippen molar-refractivity contribution in [2.75, 3.05) is 20.1 Å². The van der Waals surface area contributed by atoms with Crippen LogP contribution < -0.4 is 10.6 Å². The first-order valence-electron chi connectivity index (χ1n) is 8.79. The zero-order valence-electron chi connectivity index (χ0n) is 15.7. The lowest BCUT2D eigenvalue weighted by Gasteiger charge is -2.18. The molecular weight excluding hydrogens is 358 g/mol. The Balaban J connectivity index is 2.21. The van der Waals surface area contributed by atoms with E-state index >= 15 is 0 Å². The van der Waals surface area contributed by atoms with Crippen molar-refractivity contribution in [3.05, 3.63) is 17.6 Å². The van der Waals surface area contributed by atoms with Gasteiger partial charge in [-0.2, -0.15) is 4.31 Å². The van der Waals surface area contributed by atoms with Crippen LogP contribution in [-0.2, 0) is 14.8 Å². The van der Waals surface area contributed by atoms with Gasteiger partial charge in [-0.25, -0.2) is 8.42 Å². The van der Waals surface area contributed by atoms with Gasteiger partial charge in [-0.1, -0.05) is 13.8 Å². The molecule has 1 aliphatic rings. The van der Waals surface area contributed by atoms with Crippen molar-refractivity contribution < 1.29 is 22.4 Å². The maximum absolute atomic E-state index is 12.7. The van der Waals surface area contributed by atoms with Crippen LogP contribution in [0.4, 0.5) is 0 Å². The molecular formula is C17H27N3O5S. The van der Waals surface area contributed by atoms with Gasteiger partial charge in [-0.05, 0) is 32.1 Å². The van der Waals surface area contributed by atoms with Gasteiger partial charge in [0.2, 0.25) is 15.9 Å². The molecule has 0 spiro atoms. The molecule has 1 unspecified atom stereocenters. The summed E-state index contributed by atoms with van der Waals surface area (Å²) in [5.41, 5.74) is 0. The monoisotopic (exact) mass is 385 g/mol. The Bertz CT molecular complexity index is 763. The quantitative estimate of drug-likeness (QED) is 0.734. The number of hydrogen-bond acceptors (Lipinski definition) is 5. The van der Waals surface area contributed by atoms with Crippen LogP contribution in [0.5, 0.6) is 0 Å². The molecule has 0 aliphatic carbocycles. The Hall–Kier alpha value is -1.87. The average molecular weight is 385 g/mol. The molecule has 0 saturated carbocycles. The minimum Gasteiger partial charge on any atom is -0.455 e. The molecule has 1 atom stereocenters. The van der Waals surface area contributed by atoms with Crippen LogP contribution in [0.15, 0.2) is 15.4 Å². The normalized spacial score (nSPS) is 16.7. The lowest BCUT2D eigenvalue weighted by atomic mass is 10.0. The van der Waals surface area contributed by atoms with Crippen molar-refractivity contribution in [3.8, 4) is 0 Å². The number of amides is 2. The van der Waals surface area contributed by atoms with E-state index in [2.05, 4.69) is 10.6 Å². The Morgan fingerprint density at radius 2 is 1.88 bits per heavy atom. The topological polar surface area (TPSA) is 109 Å². The highest BCUT2D eigenvalue weighted by Gasteiger charge is 2.32. The molecule has 2 amide bonds. The molecule has 26 heavy (non-hydrogen) atoms. The van der Waals surface area contributed by atoms with E-state index in [1.807, 2.05) is 13.8 Å². The Labute approximate surface area is 154 Å². The van der Waals surface area contributed by atoms with Crippen LogP contribution in [0, 0.1) is 12.8 Å². The van der Waals surface area contributed by atoms with Gasteiger partial charge in [-0.15, -0.1) is 0 Å². The third kappa shape index (κ3) is 4.45. The van der Waals surface area contributed by atoms with E-state index in [1.54, 1.807) is 0 Å². The summed E-state index contributed by atoms with van der Waals surface area (Å²) < 4.78 is 32.2. The highest BCUT2D eigenvalue weighted by molar-refractivity contribution is 7.89. The fourth-order valence-electron chi connectivity index (χ4n) is 3.01. The van der Waals surface area contributed by atoms with Crippen LogP contribution in [0.3, 0.4) is 0 Å². The number of furan rings is 1. The molecule has 0 bridgehead atoms. The molecule has 1 aromatic heterocycles. The van der Waals surface area contributed by atoms with Crippen LogP contribution in [0.25, 0.3) is 0 Å². The van der Waals surface area contributed by atoms with Gasteiger partial charge in [0.15, 0.2) is 5.76 Å². The van der Waals surface area contributed by atoms with E-state index in [-0.39, 0.29) is 28.2 Å². The largest absolute Gasteiger partial charge is 0.455 e. The minimum atomic E-state index is -3.67. The number of nitrogens with zero attached hydrogens (tertiary/aromatic N) is 1. The van der Waals surface area contributed by atoms with Gasteiger partial charge in [-0.3, -0.25) is 9.59 Å². The second-order valence-corrected chi connectivity index (χ2v) is 8.82. The van der Waals surface area contributed by atoms with Gasteiger partial charge in [0.05, 0.1) is 0 Å². The fraction of sp³-hybridized carbons (Fsp3) is 0.647. The van der Waals surface area contributed by atoms with Crippen LogP contribution in [0.1, 0.15) is 49.4 Å². The molecule has 2 rings (SSSR count). The molecule has 0 aromatic carbocycles. The van der Waals surface area contributed by atoms with Crippen molar-refractivity contribution >= 4 is 21.8 Å². The molecule has 2 heterocycles. The zero-order chi connectivity index (χ0) is 19.5. The molecule has 9 heteroatoms. The minimum absolute atomic E-state index is 0.00454. The first kappa shape index (κ1) is 20.4. The lowest BCUT2D eigenvalue weighted by molar-refractivity contribution is -0.122. The van der Waals surface area contributed by atoms with Crippen molar-refractivity contribution in [2.45, 2.75) is 51.0 Å². The molecule has 146 valence electrons. The smallest absolute Gasteiger partial charge is 0.287 e. The van der Waals surface area contributed by atoms with E-state index in [1.165, 1.54) is 24.3 Å². The lowest BCUT2D eigenvalue weighted by Crippen LogP contribution is -2.46. The Morgan fingerprint density at radius 1 is 1.27 bits per heavy atom. The van der Waals surface area contributed by atoms with E-state index in [4.69, 9.17) is 4.42 Å². The second kappa shape index (κ2) is 8.22. The van der Waals surface area contributed by atoms with Gasteiger partial charge >= 0.3 is 0 Å². The van der Waals surface area contributed by atoms with E-state index in [0.717, 1.165) is 12.8 Å². The van der Waals surface area contributed by atoms with Crippen molar-refractivity contribution in [3.63, 3.8) is 0 Å². The summed E-state index contributed by atoms with van der Waals surface area (Å²) in [6.45, 7) is 6.35. The second-order valence-electron chi connectivity index (χ2n) is 6.91. The van der Waals surface area contributed by atoms with Crippen molar-refractivity contribution in [1.82, 2.24) is 14.9 Å².